The van der Waals surface area contributed by atoms with Crippen molar-refractivity contribution in [1.29, 1.82) is 0 Å². The number of halogens is 1. The lowest BCUT2D eigenvalue weighted by atomic mass is 9.91. The van der Waals surface area contributed by atoms with Crippen LogP contribution in [0.15, 0.2) is 18.3 Å². The largest absolute Gasteiger partial charge is 0.334 e. The van der Waals surface area contributed by atoms with E-state index in [0.717, 1.165) is 25.7 Å². The highest BCUT2D eigenvalue weighted by atomic mass is 35.5. The number of nitrogens with zero attached hydrogens (tertiary/aromatic N) is 3. The van der Waals surface area contributed by atoms with Crippen LogP contribution in [0.25, 0.3) is 0 Å². The van der Waals surface area contributed by atoms with Crippen molar-refractivity contribution in [3.8, 4) is 0 Å². The van der Waals surface area contributed by atoms with Gasteiger partial charge in [0.15, 0.2) is 0 Å². The molecule has 0 radical (unpaired) electrons. The first-order valence-corrected chi connectivity index (χ1v) is 10.1. The van der Waals surface area contributed by atoms with E-state index < -0.39 is 0 Å². The number of hydrogen-bond donors (Lipinski definition) is 0. The van der Waals surface area contributed by atoms with Crippen molar-refractivity contribution in [2.75, 3.05) is 5.88 Å². The zero-order valence-electron chi connectivity index (χ0n) is 15.6. The van der Waals surface area contributed by atoms with E-state index in [0.29, 0.717) is 6.54 Å². The molecule has 2 aromatic rings. The predicted octanol–water partition coefficient (Wildman–Crippen LogP) is 3.34. The number of aryl methyl sites for hydroxylation is 4. The molecule has 0 saturated carbocycles. The molecule has 0 N–H and O–H groups in total. The van der Waals surface area contributed by atoms with Gasteiger partial charge in [0, 0.05) is 31.7 Å². The normalized spacial score (nSPS) is 18.5. The molecule has 1 atom stereocenters. The summed E-state index contributed by atoms with van der Waals surface area (Å²) >= 11 is 5.96. The first-order valence-electron chi connectivity index (χ1n) is 9.53. The number of carbonyl (C=O) groups is 1. The first kappa shape index (κ1) is 17.6. The van der Waals surface area contributed by atoms with E-state index in [9.17, 15) is 4.79 Å². The number of rotatable bonds is 4. The Hall–Kier alpha value is -1.81. The van der Waals surface area contributed by atoms with Crippen molar-refractivity contribution in [2.45, 2.75) is 58.0 Å². The Morgan fingerprint density at radius 2 is 2.15 bits per heavy atom. The van der Waals surface area contributed by atoms with Gasteiger partial charge in [0.2, 0.25) is 5.91 Å². The summed E-state index contributed by atoms with van der Waals surface area (Å²) in [4.78, 5) is 14.6. The number of carbonyl (C=O) groups excluding carboxylic acids is 1. The van der Waals surface area contributed by atoms with Gasteiger partial charge in [0.1, 0.15) is 5.88 Å². The van der Waals surface area contributed by atoms with E-state index in [-0.39, 0.29) is 17.8 Å². The topological polar surface area (TPSA) is 38.1 Å². The van der Waals surface area contributed by atoms with E-state index in [2.05, 4.69) is 24.2 Å². The number of benzene rings is 1. The Morgan fingerprint density at radius 1 is 1.31 bits per heavy atom. The van der Waals surface area contributed by atoms with Gasteiger partial charge in [-0.25, -0.2) is 0 Å². The van der Waals surface area contributed by atoms with Crippen LogP contribution in [0.2, 0.25) is 0 Å². The summed E-state index contributed by atoms with van der Waals surface area (Å²) in [6, 6.07) is 4.76. The summed E-state index contributed by atoms with van der Waals surface area (Å²) < 4.78 is 1.95. The molecule has 4 rings (SSSR count). The third-order valence-electron chi connectivity index (χ3n) is 6.05. The highest BCUT2D eigenvalue weighted by Gasteiger charge is 2.29. The van der Waals surface area contributed by atoms with Crippen molar-refractivity contribution in [2.24, 2.45) is 7.05 Å². The molecule has 4 nitrogen and oxygen atoms in total. The molecule has 1 unspecified atom stereocenters. The molecule has 138 valence electrons. The minimum absolute atomic E-state index is 0.0282. The van der Waals surface area contributed by atoms with E-state index in [4.69, 9.17) is 11.6 Å². The Morgan fingerprint density at radius 3 is 2.96 bits per heavy atom. The van der Waals surface area contributed by atoms with Gasteiger partial charge >= 0.3 is 0 Å². The van der Waals surface area contributed by atoms with Crippen molar-refractivity contribution < 1.29 is 4.79 Å². The number of aromatic nitrogens is 2. The Bertz CT molecular complexity index is 842. The van der Waals surface area contributed by atoms with Crippen LogP contribution >= 0.6 is 11.6 Å². The molecule has 1 aromatic carbocycles. The van der Waals surface area contributed by atoms with E-state index in [1.807, 2.05) is 22.8 Å². The molecular weight excluding hydrogens is 346 g/mol. The molecule has 0 fully saturated rings. The molecule has 1 aromatic heterocycles. The Balaban J connectivity index is 1.60. The minimum atomic E-state index is 0.0282. The van der Waals surface area contributed by atoms with E-state index in [1.165, 1.54) is 46.4 Å². The third-order valence-corrected chi connectivity index (χ3v) is 6.28. The molecule has 2 aliphatic carbocycles. The Kier molecular flexibility index (Phi) is 4.78. The van der Waals surface area contributed by atoms with Crippen molar-refractivity contribution in [3.05, 3.63) is 51.8 Å². The molecule has 0 bridgehead atoms. The van der Waals surface area contributed by atoms with Crippen molar-refractivity contribution in [1.82, 2.24) is 14.7 Å². The van der Waals surface area contributed by atoms with Crippen LogP contribution in [0, 0.1) is 6.92 Å². The van der Waals surface area contributed by atoms with Crippen LogP contribution < -0.4 is 0 Å². The van der Waals surface area contributed by atoms with Crippen LogP contribution in [-0.4, -0.2) is 32.5 Å². The van der Waals surface area contributed by atoms with Gasteiger partial charge in [-0.05, 0) is 66.8 Å². The molecule has 0 saturated heterocycles. The van der Waals surface area contributed by atoms with Crippen molar-refractivity contribution >= 4 is 17.5 Å². The second kappa shape index (κ2) is 7.07. The second-order valence-corrected chi connectivity index (χ2v) is 7.96. The van der Waals surface area contributed by atoms with Gasteiger partial charge in [-0.15, -0.1) is 11.6 Å². The number of fused-ring (bicyclic) bond motifs is 2. The van der Waals surface area contributed by atoms with Gasteiger partial charge in [0.05, 0.1) is 6.20 Å². The second-order valence-electron chi connectivity index (χ2n) is 7.70. The fraction of sp³-hybridized carbons (Fsp3) is 0.524. The average molecular weight is 372 g/mol. The number of hydrogen-bond acceptors (Lipinski definition) is 2. The van der Waals surface area contributed by atoms with E-state index in [1.54, 1.807) is 0 Å². The Labute approximate surface area is 160 Å². The van der Waals surface area contributed by atoms with Gasteiger partial charge < -0.3 is 4.90 Å². The average Bonchev–Trinajstić information content (AvgIpc) is 3.26. The predicted molar refractivity (Wildman–Crippen MR) is 103 cm³/mol. The quantitative estimate of drug-likeness (QED) is 0.773. The number of alkyl halides is 1. The standard InChI is InChI=1S/C21H26ClN3O/c1-14-8-15(9-16-4-3-5-19(14)16)13-25(21(26)11-22)18-7-6-17-12-23-24(2)20(17)10-18/h8-9,12,18H,3-7,10-11,13H2,1-2H3. The fourth-order valence-corrected chi connectivity index (χ4v) is 4.84. The maximum absolute atomic E-state index is 12.6. The lowest BCUT2D eigenvalue weighted by Crippen LogP contribution is -2.44. The minimum Gasteiger partial charge on any atom is -0.334 e. The summed E-state index contributed by atoms with van der Waals surface area (Å²) in [6.07, 6.45) is 8.37. The molecule has 0 aliphatic heterocycles. The highest BCUT2D eigenvalue weighted by Crippen LogP contribution is 2.29. The lowest BCUT2D eigenvalue weighted by molar-refractivity contribution is -0.131. The summed E-state index contributed by atoms with van der Waals surface area (Å²) in [6.45, 7) is 2.85. The zero-order chi connectivity index (χ0) is 18.3. The smallest absolute Gasteiger partial charge is 0.238 e. The zero-order valence-corrected chi connectivity index (χ0v) is 16.4. The monoisotopic (exact) mass is 371 g/mol. The first-order chi connectivity index (χ1) is 12.6. The maximum atomic E-state index is 12.6. The lowest BCUT2D eigenvalue weighted by Gasteiger charge is -2.34. The van der Waals surface area contributed by atoms with Crippen LogP contribution in [0.1, 0.15) is 46.4 Å². The van der Waals surface area contributed by atoms with Crippen LogP contribution in [0.4, 0.5) is 0 Å². The summed E-state index contributed by atoms with van der Waals surface area (Å²) in [5.41, 5.74) is 8.15. The third kappa shape index (κ3) is 3.16. The van der Waals surface area contributed by atoms with Crippen molar-refractivity contribution in [3.63, 3.8) is 0 Å². The van der Waals surface area contributed by atoms with Crippen LogP contribution in [-0.2, 0) is 44.1 Å². The molecule has 2 aliphatic rings. The molecule has 1 amide bonds. The van der Waals surface area contributed by atoms with Crippen LogP contribution in [0.3, 0.4) is 0 Å². The number of amides is 1. The summed E-state index contributed by atoms with van der Waals surface area (Å²) in [5.74, 6) is 0.0685. The molecule has 0 spiro atoms. The fourth-order valence-electron chi connectivity index (χ4n) is 4.69. The van der Waals surface area contributed by atoms with Crippen LogP contribution in [0.5, 0.6) is 0 Å². The van der Waals surface area contributed by atoms with Gasteiger partial charge in [-0.3, -0.25) is 9.48 Å². The summed E-state index contributed by atoms with van der Waals surface area (Å²) in [7, 11) is 1.98. The maximum Gasteiger partial charge on any atom is 0.238 e. The molecule has 5 heteroatoms. The van der Waals surface area contributed by atoms with E-state index >= 15 is 0 Å². The molecule has 26 heavy (non-hydrogen) atoms. The highest BCUT2D eigenvalue weighted by molar-refractivity contribution is 6.27. The van der Waals surface area contributed by atoms with Gasteiger partial charge in [-0.2, -0.15) is 5.10 Å². The molecular formula is C21H26ClN3O. The molecule has 1 heterocycles. The van der Waals surface area contributed by atoms with Gasteiger partial charge in [0.25, 0.3) is 0 Å². The SMILES string of the molecule is Cc1cc(CN(C(=O)CCl)C2CCc3cnn(C)c3C2)cc2c1CCC2. The summed E-state index contributed by atoms with van der Waals surface area (Å²) in [5, 5.41) is 4.38. The van der Waals surface area contributed by atoms with Gasteiger partial charge in [-0.1, -0.05) is 12.1 Å².